The summed E-state index contributed by atoms with van der Waals surface area (Å²) in [6.07, 6.45) is 1.13. The zero-order valence-electron chi connectivity index (χ0n) is 20.3. The van der Waals surface area contributed by atoms with Crippen LogP contribution < -0.4 is 10.5 Å². The van der Waals surface area contributed by atoms with Crippen molar-refractivity contribution in [1.29, 1.82) is 5.26 Å². The number of benzene rings is 2. The van der Waals surface area contributed by atoms with Gasteiger partial charge in [-0.2, -0.15) is 5.26 Å². The van der Waals surface area contributed by atoms with Crippen LogP contribution >= 0.6 is 11.6 Å². The molecule has 0 amide bonds. The number of hydrogen-bond donors (Lipinski definition) is 1. The fraction of sp³-hybridized carbons (Fsp3) is 0.357. The van der Waals surface area contributed by atoms with E-state index in [0.29, 0.717) is 60.3 Å². The van der Waals surface area contributed by atoms with E-state index < -0.39 is 5.92 Å². The van der Waals surface area contributed by atoms with E-state index in [-0.39, 0.29) is 11.2 Å². The molecule has 0 fully saturated rings. The molecular weight excluding hydrogens is 462 g/mol. The SMILES string of the molecule is COCCN1C(N)=C(C#N)[C@@H](c2ccc(OCc3ccccc3Cl)cc2)C2=C1CC(C)(C)CC2=O. The molecule has 0 saturated carbocycles. The smallest absolute Gasteiger partial charge is 0.162 e. The number of carbonyl (C=O) groups excluding carboxylic acids is 1. The van der Waals surface area contributed by atoms with Gasteiger partial charge in [0.1, 0.15) is 18.2 Å². The van der Waals surface area contributed by atoms with Crippen molar-refractivity contribution >= 4 is 17.4 Å². The fourth-order valence-corrected chi connectivity index (χ4v) is 5.07. The van der Waals surface area contributed by atoms with Gasteiger partial charge in [-0.25, -0.2) is 0 Å². The van der Waals surface area contributed by atoms with E-state index in [1.807, 2.05) is 53.4 Å². The molecule has 0 unspecified atom stereocenters. The van der Waals surface area contributed by atoms with Crippen molar-refractivity contribution in [3.8, 4) is 11.8 Å². The van der Waals surface area contributed by atoms with Crippen molar-refractivity contribution in [2.45, 2.75) is 39.2 Å². The van der Waals surface area contributed by atoms with Gasteiger partial charge >= 0.3 is 0 Å². The summed E-state index contributed by atoms with van der Waals surface area (Å²) in [5.41, 5.74) is 10.0. The van der Waals surface area contributed by atoms with Gasteiger partial charge in [0, 0.05) is 41.9 Å². The lowest BCUT2D eigenvalue weighted by molar-refractivity contribution is -0.118. The minimum absolute atomic E-state index is 0.0583. The van der Waals surface area contributed by atoms with E-state index in [1.54, 1.807) is 7.11 Å². The number of nitrogens with zero attached hydrogens (tertiary/aromatic N) is 2. The molecule has 6 nitrogen and oxygen atoms in total. The maximum Gasteiger partial charge on any atom is 0.162 e. The van der Waals surface area contributed by atoms with Crippen molar-refractivity contribution < 1.29 is 14.3 Å². The predicted octanol–water partition coefficient (Wildman–Crippen LogP) is 5.30. The van der Waals surface area contributed by atoms with Gasteiger partial charge in [0.2, 0.25) is 0 Å². The Hall–Kier alpha value is -3.27. The first-order valence-electron chi connectivity index (χ1n) is 11.6. The number of carbonyl (C=O) groups is 1. The molecule has 0 saturated heterocycles. The van der Waals surface area contributed by atoms with Crippen molar-refractivity contribution in [1.82, 2.24) is 4.90 Å². The quantitative estimate of drug-likeness (QED) is 0.565. The zero-order chi connectivity index (χ0) is 25.2. The second-order valence-corrected chi connectivity index (χ2v) is 10.1. The summed E-state index contributed by atoms with van der Waals surface area (Å²) >= 11 is 6.23. The Labute approximate surface area is 211 Å². The van der Waals surface area contributed by atoms with Gasteiger partial charge in [-0.05, 0) is 35.6 Å². The highest BCUT2D eigenvalue weighted by Gasteiger charge is 2.44. The minimum atomic E-state index is -0.505. The standard InChI is InChI=1S/C28H30ClN3O3/c1-28(2)14-23-26(24(33)15-28)25(21(16-30)27(31)32(23)12-13-34-3)18-8-10-20(11-9-18)35-17-19-6-4-5-7-22(19)29/h4-11,25H,12-15,17,31H2,1-3H3/t25-/m1/s1. The number of allylic oxidation sites excluding steroid dienone is 3. The van der Waals surface area contributed by atoms with Gasteiger partial charge in [-0.3, -0.25) is 4.79 Å². The van der Waals surface area contributed by atoms with Crippen LogP contribution in [0.2, 0.25) is 5.02 Å². The minimum Gasteiger partial charge on any atom is -0.489 e. The number of ketones is 1. The summed E-state index contributed by atoms with van der Waals surface area (Å²) in [4.78, 5) is 15.3. The number of nitrogens with two attached hydrogens (primary N) is 1. The van der Waals surface area contributed by atoms with Gasteiger partial charge in [0.05, 0.1) is 24.2 Å². The van der Waals surface area contributed by atoms with Crippen LogP contribution in [0.25, 0.3) is 0 Å². The first-order valence-corrected chi connectivity index (χ1v) is 12.0. The molecule has 1 aliphatic heterocycles. The van der Waals surface area contributed by atoms with Gasteiger partial charge < -0.3 is 20.1 Å². The summed E-state index contributed by atoms with van der Waals surface area (Å²) < 4.78 is 11.2. The third kappa shape index (κ3) is 5.07. The van der Waals surface area contributed by atoms with Crippen LogP contribution in [0.4, 0.5) is 0 Å². The zero-order valence-corrected chi connectivity index (χ0v) is 21.1. The molecule has 7 heteroatoms. The molecule has 1 aliphatic carbocycles. The highest BCUT2D eigenvalue weighted by atomic mass is 35.5. The molecule has 2 aromatic rings. The number of rotatable bonds is 7. The number of ether oxygens (including phenoxy) is 2. The second kappa shape index (κ2) is 10.2. The average Bonchev–Trinajstić information content (AvgIpc) is 2.82. The number of nitriles is 1. The van der Waals surface area contributed by atoms with E-state index in [2.05, 4.69) is 19.9 Å². The van der Waals surface area contributed by atoms with E-state index >= 15 is 0 Å². The molecule has 0 aromatic heterocycles. The van der Waals surface area contributed by atoms with Crippen LogP contribution in [0, 0.1) is 16.7 Å². The maximum atomic E-state index is 13.4. The molecule has 4 rings (SSSR count). The van der Waals surface area contributed by atoms with Gasteiger partial charge in [-0.15, -0.1) is 0 Å². The van der Waals surface area contributed by atoms with E-state index in [9.17, 15) is 10.1 Å². The number of methoxy groups -OCH3 is 1. The molecule has 2 aromatic carbocycles. The summed E-state index contributed by atoms with van der Waals surface area (Å²) in [5.74, 6) is 0.614. The molecule has 0 spiro atoms. The van der Waals surface area contributed by atoms with Crippen molar-refractivity contribution in [3.05, 3.63) is 87.3 Å². The number of Topliss-reactive ketones (excluding diaryl/α,β-unsaturated/α-hetero) is 1. The first kappa shape index (κ1) is 24.8. The normalized spacial score (nSPS) is 19.5. The Morgan fingerprint density at radius 3 is 2.54 bits per heavy atom. The Balaban J connectivity index is 1.68. The molecule has 2 N–H and O–H groups in total. The highest BCUT2D eigenvalue weighted by Crippen LogP contribution is 2.49. The largest absolute Gasteiger partial charge is 0.489 e. The molecule has 0 bridgehead atoms. The molecule has 35 heavy (non-hydrogen) atoms. The molecular formula is C28H30ClN3O3. The second-order valence-electron chi connectivity index (χ2n) is 9.74. The van der Waals surface area contributed by atoms with Gasteiger partial charge in [0.15, 0.2) is 5.78 Å². The predicted molar refractivity (Wildman–Crippen MR) is 135 cm³/mol. The molecule has 0 radical (unpaired) electrons. The monoisotopic (exact) mass is 491 g/mol. The maximum absolute atomic E-state index is 13.4. The van der Waals surface area contributed by atoms with Crippen molar-refractivity contribution in [2.75, 3.05) is 20.3 Å². The lowest BCUT2D eigenvalue weighted by Gasteiger charge is -2.43. The average molecular weight is 492 g/mol. The molecule has 2 aliphatic rings. The lowest BCUT2D eigenvalue weighted by atomic mass is 9.68. The summed E-state index contributed by atoms with van der Waals surface area (Å²) in [7, 11) is 1.62. The Kier molecular flexibility index (Phi) is 7.20. The van der Waals surface area contributed by atoms with Gasteiger partial charge in [0.25, 0.3) is 0 Å². The Morgan fingerprint density at radius 1 is 1.17 bits per heavy atom. The van der Waals surface area contributed by atoms with Crippen LogP contribution in [0.15, 0.2) is 71.2 Å². The number of halogens is 1. The van der Waals surface area contributed by atoms with Crippen molar-refractivity contribution in [2.24, 2.45) is 11.1 Å². The molecule has 182 valence electrons. The molecule has 1 heterocycles. The number of hydrogen-bond acceptors (Lipinski definition) is 6. The van der Waals surface area contributed by atoms with Crippen molar-refractivity contribution in [3.63, 3.8) is 0 Å². The van der Waals surface area contributed by atoms with E-state index in [1.165, 1.54) is 0 Å². The van der Waals surface area contributed by atoms with Crippen LogP contribution in [-0.4, -0.2) is 30.9 Å². The molecule has 1 atom stereocenters. The van der Waals surface area contributed by atoms with E-state index in [4.69, 9.17) is 26.8 Å². The van der Waals surface area contributed by atoms with Crippen LogP contribution in [0.1, 0.15) is 43.7 Å². The van der Waals surface area contributed by atoms with Crippen LogP contribution in [0.5, 0.6) is 5.75 Å². The van der Waals surface area contributed by atoms with Crippen LogP contribution in [-0.2, 0) is 16.1 Å². The lowest BCUT2D eigenvalue weighted by Crippen LogP contribution is -2.43. The Morgan fingerprint density at radius 2 is 1.89 bits per heavy atom. The van der Waals surface area contributed by atoms with Gasteiger partial charge in [-0.1, -0.05) is 55.8 Å². The third-order valence-corrected chi connectivity index (χ3v) is 6.94. The Bertz CT molecular complexity index is 1220. The summed E-state index contributed by atoms with van der Waals surface area (Å²) in [6, 6.07) is 17.3. The summed E-state index contributed by atoms with van der Waals surface area (Å²) in [5, 5.41) is 10.7. The highest BCUT2D eigenvalue weighted by molar-refractivity contribution is 6.31. The topological polar surface area (TPSA) is 88.6 Å². The van der Waals surface area contributed by atoms with E-state index in [0.717, 1.165) is 16.8 Å². The first-order chi connectivity index (χ1) is 16.8. The van der Waals surface area contributed by atoms with Crippen LogP contribution in [0.3, 0.4) is 0 Å². The summed E-state index contributed by atoms with van der Waals surface area (Å²) in [6.45, 7) is 5.44. The third-order valence-electron chi connectivity index (χ3n) is 6.57. The fourth-order valence-electron chi connectivity index (χ4n) is 4.88.